The summed E-state index contributed by atoms with van der Waals surface area (Å²) in [4.78, 5) is 12.7. The lowest BCUT2D eigenvalue weighted by Gasteiger charge is -2.29. The van der Waals surface area contributed by atoms with Gasteiger partial charge in [-0.3, -0.25) is 9.10 Å². The van der Waals surface area contributed by atoms with E-state index in [1.165, 1.54) is 37.3 Å². The first-order valence-corrected chi connectivity index (χ1v) is 10.6. The number of amides is 1. The van der Waals surface area contributed by atoms with Crippen molar-refractivity contribution in [2.75, 3.05) is 10.6 Å². The highest BCUT2D eigenvalue weighted by Gasteiger charge is 2.30. The number of benzene rings is 2. The predicted molar refractivity (Wildman–Crippen MR) is 106 cm³/mol. The van der Waals surface area contributed by atoms with Crippen molar-refractivity contribution >= 4 is 44.8 Å². The van der Waals surface area contributed by atoms with Gasteiger partial charge in [0.05, 0.1) is 18.0 Å². The summed E-state index contributed by atoms with van der Waals surface area (Å²) in [5, 5.41) is 3.23. The van der Waals surface area contributed by atoms with Gasteiger partial charge in [0.15, 0.2) is 0 Å². The molecule has 2 aromatic rings. The SMILES string of the molecule is C[C@@H](NC(=O)[C@H](C)N(c1cc(Cl)cc(Cl)c1)S(C)(=O)=O)c1ccc(F)cc1. The van der Waals surface area contributed by atoms with E-state index in [2.05, 4.69) is 5.32 Å². The number of anilines is 1. The van der Waals surface area contributed by atoms with Crippen molar-refractivity contribution in [2.24, 2.45) is 0 Å². The molecule has 0 aromatic heterocycles. The third-order valence-corrected chi connectivity index (χ3v) is 5.60. The van der Waals surface area contributed by atoms with Crippen LogP contribution in [0.25, 0.3) is 0 Å². The van der Waals surface area contributed by atoms with Gasteiger partial charge in [0.2, 0.25) is 15.9 Å². The van der Waals surface area contributed by atoms with Gasteiger partial charge in [-0.2, -0.15) is 0 Å². The molecule has 27 heavy (non-hydrogen) atoms. The van der Waals surface area contributed by atoms with Crippen LogP contribution in [0.15, 0.2) is 42.5 Å². The topological polar surface area (TPSA) is 66.5 Å². The molecular formula is C18H19Cl2FN2O3S. The molecule has 5 nitrogen and oxygen atoms in total. The smallest absolute Gasteiger partial charge is 0.244 e. The number of hydrogen-bond acceptors (Lipinski definition) is 3. The predicted octanol–water partition coefficient (Wildman–Crippen LogP) is 4.16. The van der Waals surface area contributed by atoms with E-state index >= 15 is 0 Å². The Hall–Kier alpha value is -1.83. The minimum Gasteiger partial charge on any atom is -0.348 e. The lowest BCUT2D eigenvalue weighted by Crippen LogP contribution is -2.48. The van der Waals surface area contributed by atoms with Gasteiger partial charge in [-0.1, -0.05) is 35.3 Å². The second-order valence-electron chi connectivity index (χ2n) is 6.14. The van der Waals surface area contributed by atoms with Crippen LogP contribution < -0.4 is 9.62 Å². The van der Waals surface area contributed by atoms with Gasteiger partial charge in [0.25, 0.3) is 0 Å². The maximum atomic E-state index is 13.0. The zero-order valence-electron chi connectivity index (χ0n) is 14.9. The standard InChI is InChI=1S/C18H19Cl2FN2O3S/c1-11(13-4-6-16(21)7-5-13)22-18(24)12(2)23(27(3,25)26)17-9-14(19)8-15(20)10-17/h4-12H,1-3H3,(H,22,24)/t11-,12+/m1/s1. The average Bonchev–Trinajstić information content (AvgIpc) is 2.53. The summed E-state index contributed by atoms with van der Waals surface area (Å²) in [5.41, 5.74) is 0.876. The summed E-state index contributed by atoms with van der Waals surface area (Å²) in [7, 11) is -3.80. The molecule has 2 atom stereocenters. The second kappa shape index (κ2) is 8.46. The fraction of sp³-hybridized carbons (Fsp3) is 0.278. The minimum atomic E-state index is -3.80. The maximum Gasteiger partial charge on any atom is 0.244 e. The summed E-state index contributed by atoms with van der Waals surface area (Å²) in [6.07, 6.45) is 0.995. The summed E-state index contributed by atoms with van der Waals surface area (Å²) < 4.78 is 38.6. The van der Waals surface area contributed by atoms with Crippen LogP contribution in [0.4, 0.5) is 10.1 Å². The Bertz CT molecular complexity index is 916. The molecule has 0 spiro atoms. The van der Waals surface area contributed by atoms with Crippen molar-refractivity contribution in [1.29, 1.82) is 0 Å². The van der Waals surface area contributed by atoms with Crippen LogP contribution in [0.3, 0.4) is 0 Å². The number of nitrogens with zero attached hydrogens (tertiary/aromatic N) is 1. The first-order chi connectivity index (χ1) is 12.5. The van der Waals surface area contributed by atoms with E-state index < -0.39 is 28.0 Å². The van der Waals surface area contributed by atoms with Crippen LogP contribution in [0.1, 0.15) is 25.5 Å². The third kappa shape index (κ3) is 5.57. The lowest BCUT2D eigenvalue weighted by atomic mass is 10.1. The fourth-order valence-corrected chi connectivity index (χ4v) is 4.32. The van der Waals surface area contributed by atoms with Gasteiger partial charge >= 0.3 is 0 Å². The molecule has 0 aliphatic heterocycles. The molecule has 0 heterocycles. The first-order valence-electron chi connectivity index (χ1n) is 8.00. The van der Waals surface area contributed by atoms with Gasteiger partial charge in [-0.15, -0.1) is 0 Å². The van der Waals surface area contributed by atoms with Crippen LogP contribution in [0, 0.1) is 5.82 Å². The summed E-state index contributed by atoms with van der Waals surface area (Å²) in [6, 6.07) is 8.49. The van der Waals surface area contributed by atoms with E-state index in [1.54, 1.807) is 19.1 Å². The molecule has 2 aromatic carbocycles. The Morgan fingerprint density at radius 1 is 1.07 bits per heavy atom. The molecule has 0 fully saturated rings. The molecule has 9 heteroatoms. The van der Waals surface area contributed by atoms with Gasteiger partial charge in [0, 0.05) is 10.0 Å². The Morgan fingerprint density at radius 3 is 2.07 bits per heavy atom. The first kappa shape index (κ1) is 21.5. The van der Waals surface area contributed by atoms with E-state index in [0.29, 0.717) is 5.56 Å². The largest absolute Gasteiger partial charge is 0.348 e. The Balaban J connectivity index is 2.28. The van der Waals surface area contributed by atoms with Gasteiger partial charge in [-0.25, -0.2) is 12.8 Å². The Morgan fingerprint density at radius 2 is 1.59 bits per heavy atom. The van der Waals surface area contributed by atoms with Crippen molar-refractivity contribution in [1.82, 2.24) is 5.32 Å². The molecular weight excluding hydrogens is 414 g/mol. The molecule has 1 N–H and O–H groups in total. The van der Waals surface area contributed by atoms with Crippen LogP contribution in [-0.4, -0.2) is 26.6 Å². The number of carbonyl (C=O) groups is 1. The van der Waals surface area contributed by atoms with Gasteiger partial charge < -0.3 is 5.32 Å². The molecule has 0 saturated carbocycles. The maximum absolute atomic E-state index is 13.0. The molecule has 2 rings (SSSR count). The number of nitrogens with one attached hydrogen (secondary N) is 1. The molecule has 146 valence electrons. The molecule has 0 bridgehead atoms. The van der Waals surface area contributed by atoms with Crippen molar-refractivity contribution in [2.45, 2.75) is 25.9 Å². The Labute approximate surface area is 168 Å². The van der Waals surface area contributed by atoms with Crippen LogP contribution in [0.5, 0.6) is 0 Å². The Kier molecular flexibility index (Phi) is 6.72. The third-order valence-electron chi connectivity index (χ3n) is 3.92. The molecule has 1 amide bonds. The minimum absolute atomic E-state index is 0.187. The molecule has 0 radical (unpaired) electrons. The molecule has 0 unspecified atom stereocenters. The molecule has 0 aliphatic carbocycles. The molecule has 0 aliphatic rings. The second-order valence-corrected chi connectivity index (χ2v) is 8.88. The highest BCUT2D eigenvalue weighted by atomic mass is 35.5. The van der Waals surface area contributed by atoms with E-state index in [4.69, 9.17) is 23.2 Å². The average molecular weight is 433 g/mol. The monoisotopic (exact) mass is 432 g/mol. The quantitative estimate of drug-likeness (QED) is 0.744. The van der Waals surface area contributed by atoms with E-state index in [0.717, 1.165) is 10.6 Å². The zero-order valence-corrected chi connectivity index (χ0v) is 17.2. The normalized spacial score (nSPS) is 13.7. The van der Waals surface area contributed by atoms with E-state index in [9.17, 15) is 17.6 Å². The number of carbonyl (C=O) groups excluding carboxylic acids is 1. The van der Waals surface area contributed by atoms with Crippen molar-refractivity contribution in [3.05, 3.63) is 63.9 Å². The highest BCUT2D eigenvalue weighted by Crippen LogP contribution is 2.28. The van der Waals surface area contributed by atoms with Crippen LogP contribution >= 0.6 is 23.2 Å². The number of hydrogen-bond donors (Lipinski definition) is 1. The number of halogens is 3. The zero-order chi connectivity index (χ0) is 20.4. The number of sulfonamides is 1. The van der Waals surface area contributed by atoms with Crippen LogP contribution in [-0.2, 0) is 14.8 Å². The van der Waals surface area contributed by atoms with E-state index in [-0.39, 0.29) is 21.5 Å². The number of rotatable bonds is 6. The molecule has 0 saturated heterocycles. The van der Waals surface area contributed by atoms with Crippen molar-refractivity contribution < 1.29 is 17.6 Å². The summed E-state index contributed by atoms with van der Waals surface area (Å²) in [6.45, 7) is 3.18. The van der Waals surface area contributed by atoms with Crippen LogP contribution in [0.2, 0.25) is 10.0 Å². The lowest BCUT2D eigenvalue weighted by molar-refractivity contribution is -0.122. The van der Waals surface area contributed by atoms with E-state index in [1.807, 2.05) is 0 Å². The summed E-state index contributed by atoms with van der Waals surface area (Å²) in [5.74, 6) is -0.903. The summed E-state index contributed by atoms with van der Waals surface area (Å²) >= 11 is 11.9. The van der Waals surface area contributed by atoms with Crippen molar-refractivity contribution in [3.8, 4) is 0 Å². The fourth-order valence-electron chi connectivity index (χ4n) is 2.64. The van der Waals surface area contributed by atoms with Gasteiger partial charge in [0.1, 0.15) is 11.9 Å². The van der Waals surface area contributed by atoms with Gasteiger partial charge in [-0.05, 0) is 49.7 Å². The highest BCUT2D eigenvalue weighted by molar-refractivity contribution is 7.92. The van der Waals surface area contributed by atoms with Crippen molar-refractivity contribution in [3.63, 3.8) is 0 Å².